The molecule has 2 rings (SSSR count). The van der Waals surface area contributed by atoms with Crippen molar-refractivity contribution in [3.63, 3.8) is 0 Å². The van der Waals surface area contributed by atoms with Gasteiger partial charge in [-0.3, -0.25) is 4.79 Å². The summed E-state index contributed by atoms with van der Waals surface area (Å²) in [6.07, 6.45) is 6.50. The fourth-order valence-electron chi connectivity index (χ4n) is 1.96. The number of aryl methyl sites for hydroxylation is 1. The number of amides is 1. The molecule has 0 aliphatic rings. The predicted octanol–water partition coefficient (Wildman–Crippen LogP) is 4.29. The van der Waals surface area contributed by atoms with Crippen molar-refractivity contribution in [3.8, 4) is 0 Å². The molecule has 0 fully saturated rings. The SMILES string of the molecule is CCCCCn1cnnc1S[C@H](C)C(=O)Nc1ncc(Cl)cc1Cl. The second-order valence-corrected chi connectivity index (χ2v) is 7.40. The molecule has 0 spiro atoms. The van der Waals surface area contributed by atoms with Gasteiger partial charge in [-0.15, -0.1) is 10.2 Å². The van der Waals surface area contributed by atoms with Crippen molar-refractivity contribution in [3.05, 3.63) is 28.6 Å². The van der Waals surface area contributed by atoms with Gasteiger partial charge in [0.1, 0.15) is 6.33 Å². The first kappa shape index (κ1) is 19.0. The van der Waals surface area contributed by atoms with Gasteiger partial charge in [-0.05, 0) is 19.4 Å². The molecule has 24 heavy (non-hydrogen) atoms. The summed E-state index contributed by atoms with van der Waals surface area (Å²) in [5.41, 5.74) is 0. The van der Waals surface area contributed by atoms with Crippen LogP contribution in [0, 0.1) is 0 Å². The Morgan fingerprint density at radius 3 is 2.92 bits per heavy atom. The lowest BCUT2D eigenvalue weighted by Crippen LogP contribution is -2.23. The third-order valence-corrected chi connectivity index (χ3v) is 4.87. The molecule has 2 aromatic rings. The van der Waals surface area contributed by atoms with E-state index in [1.54, 1.807) is 13.3 Å². The van der Waals surface area contributed by atoms with Gasteiger partial charge in [-0.1, -0.05) is 54.7 Å². The van der Waals surface area contributed by atoms with Crippen molar-refractivity contribution < 1.29 is 4.79 Å². The Kier molecular flexibility index (Phi) is 7.33. The molecule has 0 saturated carbocycles. The maximum atomic E-state index is 12.3. The molecule has 1 N–H and O–H groups in total. The fourth-order valence-corrected chi connectivity index (χ4v) is 3.24. The van der Waals surface area contributed by atoms with Crippen molar-refractivity contribution in [2.45, 2.75) is 50.1 Å². The van der Waals surface area contributed by atoms with Crippen LogP contribution in [-0.4, -0.2) is 30.9 Å². The molecule has 2 heterocycles. The van der Waals surface area contributed by atoms with Gasteiger partial charge in [-0.2, -0.15) is 0 Å². The molecule has 0 unspecified atom stereocenters. The number of carbonyl (C=O) groups is 1. The van der Waals surface area contributed by atoms with Crippen molar-refractivity contribution in [2.24, 2.45) is 0 Å². The molecule has 0 saturated heterocycles. The van der Waals surface area contributed by atoms with E-state index in [1.165, 1.54) is 24.0 Å². The van der Waals surface area contributed by atoms with Crippen molar-refractivity contribution in [1.82, 2.24) is 19.7 Å². The summed E-state index contributed by atoms with van der Waals surface area (Å²) in [4.78, 5) is 16.4. The molecule has 0 bridgehead atoms. The number of aromatic nitrogens is 4. The summed E-state index contributed by atoms with van der Waals surface area (Å²) in [5, 5.41) is 11.8. The topological polar surface area (TPSA) is 72.7 Å². The van der Waals surface area contributed by atoms with Crippen LogP contribution in [0.15, 0.2) is 23.7 Å². The fraction of sp³-hybridized carbons (Fsp3) is 0.467. The average Bonchev–Trinajstić information content (AvgIpc) is 2.97. The van der Waals surface area contributed by atoms with E-state index >= 15 is 0 Å². The molecular formula is C15H19Cl2N5OS. The van der Waals surface area contributed by atoms with Crippen LogP contribution in [0.25, 0.3) is 0 Å². The van der Waals surface area contributed by atoms with Crippen LogP contribution in [0.2, 0.25) is 10.0 Å². The largest absolute Gasteiger partial charge is 0.309 e. The minimum Gasteiger partial charge on any atom is -0.309 e. The van der Waals surface area contributed by atoms with Gasteiger partial charge in [0, 0.05) is 12.7 Å². The normalized spacial score (nSPS) is 12.2. The van der Waals surface area contributed by atoms with Crippen LogP contribution in [-0.2, 0) is 11.3 Å². The highest BCUT2D eigenvalue weighted by atomic mass is 35.5. The van der Waals surface area contributed by atoms with Crippen LogP contribution in [0.1, 0.15) is 33.1 Å². The zero-order chi connectivity index (χ0) is 17.5. The van der Waals surface area contributed by atoms with Gasteiger partial charge in [-0.25, -0.2) is 4.98 Å². The molecule has 1 amide bonds. The van der Waals surface area contributed by atoms with E-state index in [0.29, 0.717) is 15.9 Å². The Balaban J connectivity index is 1.95. The van der Waals surface area contributed by atoms with E-state index in [-0.39, 0.29) is 11.2 Å². The van der Waals surface area contributed by atoms with Crippen LogP contribution in [0.5, 0.6) is 0 Å². The first-order valence-electron chi connectivity index (χ1n) is 7.67. The number of rotatable bonds is 8. The number of anilines is 1. The smallest absolute Gasteiger partial charge is 0.238 e. The Morgan fingerprint density at radius 1 is 1.42 bits per heavy atom. The monoisotopic (exact) mass is 387 g/mol. The molecule has 2 aromatic heterocycles. The highest BCUT2D eigenvalue weighted by Crippen LogP contribution is 2.25. The van der Waals surface area contributed by atoms with Gasteiger partial charge < -0.3 is 9.88 Å². The Morgan fingerprint density at radius 2 is 2.21 bits per heavy atom. The zero-order valence-corrected chi connectivity index (χ0v) is 15.8. The Hall–Kier alpha value is -1.31. The highest BCUT2D eigenvalue weighted by Gasteiger charge is 2.19. The highest BCUT2D eigenvalue weighted by molar-refractivity contribution is 8.00. The van der Waals surface area contributed by atoms with E-state index in [2.05, 4.69) is 27.4 Å². The number of nitrogens with one attached hydrogen (secondary N) is 1. The quantitative estimate of drug-likeness (QED) is 0.540. The van der Waals surface area contributed by atoms with Gasteiger partial charge in [0.15, 0.2) is 11.0 Å². The van der Waals surface area contributed by atoms with Crippen molar-refractivity contribution >= 4 is 46.7 Å². The molecule has 0 aliphatic carbocycles. The van der Waals surface area contributed by atoms with Crippen LogP contribution >= 0.6 is 35.0 Å². The summed E-state index contributed by atoms with van der Waals surface area (Å²) in [7, 11) is 0. The predicted molar refractivity (Wildman–Crippen MR) is 97.8 cm³/mol. The first-order valence-corrected chi connectivity index (χ1v) is 9.31. The van der Waals surface area contributed by atoms with E-state index in [0.717, 1.165) is 31.0 Å². The molecule has 1 atom stereocenters. The summed E-state index contributed by atoms with van der Waals surface area (Å²) in [6, 6.07) is 1.54. The average molecular weight is 388 g/mol. The van der Waals surface area contributed by atoms with Crippen LogP contribution < -0.4 is 5.32 Å². The van der Waals surface area contributed by atoms with Crippen LogP contribution in [0.3, 0.4) is 0 Å². The van der Waals surface area contributed by atoms with E-state index in [9.17, 15) is 4.79 Å². The summed E-state index contributed by atoms with van der Waals surface area (Å²) < 4.78 is 1.97. The molecule has 0 radical (unpaired) electrons. The summed E-state index contributed by atoms with van der Waals surface area (Å²) >= 11 is 13.2. The maximum absolute atomic E-state index is 12.3. The van der Waals surface area contributed by atoms with Crippen molar-refractivity contribution in [1.29, 1.82) is 0 Å². The van der Waals surface area contributed by atoms with Crippen molar-refractivity contribution in [2.75, 3.05) is 5.32 Å². The number of nitrogens with zero attached hydrogens (tertiary/aromatic N) is 4. The lowest BCUT2D eigenvalue weighted by Gasteiger charge is -2.12. The number of thioether (sulfide) groups is 1. The number of hydrogen-bond acceptors (Lipinski definition) is 5. The van der Waals surface area contributed by atoms with Crippen LogP contribution in [0.4, 0.5) is 5.82 Å². The number of carbonyl (C=O) groups excluding carboxylic acids is 1. The van der Waals surface area contributed by atoms with Gasteiger partial charge in [0.05, 0.1) is 15.3 Å². The van der Waals surface area contributed by atoms with Gasteiger partial charge in [0.25, 0.3) is 0 Å². The summed E-state index contributed by atoms with van der Waals surface area (Å²) in [5.74, 6) is 0.0859. The summed E-state index contributed by atoms with van der Waals surface area (Å²) in [6.45, 7) is 4.81. The van der Waals surface area contributed by atoms with E-state index in [4.69, 9.17) is 23.2 Å². The van der Waals surface area contributed by atoms with E-state index in [1.807, 2.05) is 4.57 Å². The molecule has 0 aliphatic heterocycles. The number of halogens is 2. The molecule has 0 aromatic carbocycles. The second kappa shape index (κ2) is 9.25. The number of pyridine rings is 1. The molecular weight excluding hydrogens is 369 g/mol. The Bertz CT molecular complexity index is 694. The zero-order valence-electron chi connectivity index (χ0n) is 13.5. The molecule has 130 valence electrons. The minimum atomic E-state index is -0.368. The van der Waals surface area contributed by atoms with Gasteiger partial charge >= 0.3 is 0 Å². The third-order valence-electron chi connectivity index (χ3n) is 3.28. The first-order chi connectivity index (χ1) is 11.5. The number of unbranched alkanes of at least 4 members (excludes halogenated alkanes) is 2. The molecule has 6 nitrogen and oxygen atoms in total. The lowest BCUT2D eigenvalue weighted by molar-refractivity contribution is -0.115. The lowest BCUT2D eigenvalue weighted by atomic mass is 10.2. The van der Waals surface area contributed by atoms with E-state index < -0.39 is 0 Å². The Labute approximate surface area is 155 Å². The standard InChI is InChI=1S/C15H19Cl2N5OS/c1-3-4-5-6-22-9-19-21-15(22)24-10(2)14(23)20-13-12(17)7-11(16)8-18-13/h7-10H,3-6H2,1-2H3,(H,18,20,23)/t10-/m1/s1. The van der Waals surface area contributed by atoms with Gasteiger partial charge in [0.2, 0.25) is 5.91 Å². The molecule has 9 heteroatoms. The second-order valence-electron chi connectivity index (χ2n) is 5.25. The third kappa shape index (κ3) is 5.36. The number of hydrogen-bond donors (Lipinski definition) is 1. The maximum Gasteiger partial charge on any atom is 0.238 e. The minimum absolute atomic E-state index is 0.208.